The van der Waals surface area contributed by atoms with E-state index in [-0.39, 0.29) is 24.4 Å². The van der Waals surface area contributed by atoms with Crippen LogP contribution >= 0.6 is 24.2 Å². The summed E-state index contributed by atoms with van der Waals surface area (Å²) in [5.41, 5.74) is 0. The molecule has 5 heteroatoms. The van der Waals surface area contributed by atoms with Gasteiger partial charge in [0, 0.05) is 17.0 Å². The van der Waals surface area contributed by atoms with Crippen LogP contribution in [0.5, 0.6) is 0 Å². The minimum atomic E-state index is -0.105. The molecule has 0 spiro atoms. The SMILES string of the molecule is COC(=O)C1C[C@@H](SC2CCCCC2)CN1.Cl. The monoisotopic (exact) mass is 279 g/mol. The minimum absolute atomic E-state index is 0. The van der Waals surface area contributed by atoms with E-state index in [0.29, 0.717) is 5.25 Å². The average molecular weight is 280 g/mol. The van der Waals surface area contributed by atoms with Crippen molar-refractivity contribution in [1.82, 2.24) is 5.32 Å². The molecule has 1 saturated heterocycles. The maximum Gasteiger partial charge on any atom is 0.322 e. The van der Waals surface area contributed by atoms with Crippen molar-refractivity contribution in [1.29, 1.82) is 0 Å². The zero-order valence-electron chi connectivity index (χ0n) is 10.3. The highest BCUT2D eigenvalue weighted by atomic mass is 35.5. The molecule has 100 valence electrons. The Morgan fingerprint density at radius 3 is 2.59 bits per heavy atom. The summed E-state index contributed by atoms with van der Waals surface area (Å²) in [6.45, 7) is 0.959. The first-order chi connectivity index (χ1) is 7.79. The van der Waals surface area contributed by atoms with Gasteiger partial charge in [-0.2, -0.15) is 11.8 Å². The number of esters is 1. The summed E-state index contributed by atoms with van der Waals surface area (Å²) in [5.74, 6) is -0.105. The first-order valence-corrected chi connectivity index (χ1v) is 7.20. The molecule has 2 atom stereocenters. The third-order valence-corrected chi connectivity index (χ3v) is 5.11. The summed E-state index contributed by atoms with van der Waals surface area (Å²) >= 11 is 2.09. The summed E-state index contributed by atoms with van der Waals surface area (Å²) in [6.07, 6.45) is 7.85. The second-order valence-corrected chi connectivity index (χ2v) is 6.34. The molecule has 0 radical (unpaired) electrons. The van der Waals surface area contributed by atoms with Crippen molar-refractivity contribution in [2.75, 3.05) is 13.7 Å². The van der Waals surface area contributed by atoms with Gasteiger partial charge in [0.05, 0.1) is 7.11 Å². The molecule has 0 aromatic heterocycles. The maximum absolute atomic E-state index is 11.4. The molecular formula is C12H22ClNO2S. The van der Waals surface area contributed by atoms with E-state index >= 15 is 0 Å². The van der Waals surface area contributed by atoms with Gasteiger partial charge in [0.2, 0.25) is 0 Å². The lowest BCUT2D eigenvalue weighted by atomic mass is 10.0. The molecule has 1 N–H and O–H groups in total. The number of rotatable bonds is 3. The fourth-order valence-corrected chi connectivity index (χ4v) is 4.25. The molecule has 1 aliphatic heterocycles. The summed E-state index contributed by atoms with van der Waals surface area (Å²) in [4.78, 5) is 11.4. The number of carbonyl (C=O) groups is 1. The normalized spacial score (nSPS) is 29.7. The zero-order valence-corrected chi connectivity index (χ0v) is 11.9. The summed E-state index contributed by atoms with van der Waals surface area (Å²) < 4.78 is 4.76. The maximum atomic E-state index is 11.4. The lowest BCUT2D eigenvalue weighted by Crippen LogP contribution is -2.31. The molecule has 0 aromatic carbocycles. The van der Waals surface area contributed by atoms with E-state index in [1.54, 1.807) is 0 Å². The molecule has 1 saturated carbocycles. The van der Waals surface area contributed by atoms with Crippen LogP contribution in [0.2, 0.25) is 0 Å². The number of carbonyl (C=O) groups excluding carboxylic acids is 1. The van der Waals surface area contributed by atoms with Crippen LogP contribution in [0.3, 0.4) is 0 Å². The predicted octanol–water partition coefficient (Wildman–Crippen LogP) is 2.38. The van der Waals surface area contributed by atoms with Gasteiger partial charge in [-0.3, -0.25) is 4.79 Å². The van der Waals surface area contributed by atoms with Crippen LogP contribution in [0.4, 0.5) is 0 Å². The van der Waals surface area contributed by atoms with E-state index in [9.17, 15) is 4.79 Å². The minimum Gasteiger partial charge on any atom is -0.468 e. The third kappa shape index (κ3) is 4.34. The number of ether oxygens (including phenoxy) is 1. The quantitative estimate of drug-likeness (QED) is 0.805. The third-order valence-electron chi connectivity index (χ3n) is 3.51. The van der Waals surface area contributed by atoms with Gasteiger partial charge in [-0.05, 0) is 19.3 Å². The summed E-state index contributed by atoms with van der Waals surface area (Å²) in [6, 6.07) is -0.0638. The lowest BCUT2D eigenvalue weighted by Gasteiger charge is -2.23. The van der Waals surface area contributed by atoms with E-state index in [1.807, 2.05) is 0 Å². The van der Waals surface area contributed by atoms with E-state index in [1.165, 1.54) is 39.2 Å². The zero-order chi connectivity index (χ0) is 11.4. The molecule has 1 heterocycles. The highest BCUT2D eigenvalue weighted by molar-refractivity contribution is 8.00. The second kappa shape index (κ2) is 7.49. The van der Waals surface area contributed by atoms with Crippen LogP contribution in [0.25, 0.3) is 0 Å². The van der Waals surface area contributed by atoms with Crippen molar-refractivity contribution in [3.05, 3.63) is 0 Å². The van der Waals surface area contributed by atoms with Crippen molar-refractivity contribution in [2.24, 2.45) is 0 Å². The smallest absolute Gasteiger partial charge is 0.322 e. The molecule has 0 amide bonds. The van der Waals surface area contributed by atoms with Crippen LogP contribution in [0.15, 0.2) is 0 Å². The Labute approximate surface area is 114 Å². The second-order valence-electron chi connectivity index (χ2n) is 4.74. The highest BCUT2D eigenvalue weighted by Gasteiger charge is 2.32. The Morgan fingerprint density at radius 1 is 1.24 bits per heavy atom. The Morgan fingerprint density at radius 2 is 1.94 bits per heavy atom. The standard InChI is InChI=1S/C12H21NO2S.ClH/c1-15-12(14)11-7-10(8-13-11)16-9-5-3-2-4-6-9;/h9-11,13H,2-8H2,1H3;1H/t10-,11?;/m1./s1. The average Bonchev–Trinajstić information content (AvgIpc) is 2.78. The van der Waals surface area contributed by atoms with Crippen molar-refractivity contribution >= 4 is 30.1 Å². The number of methoxy groups -OCH3 is 1. The van der Waals surface area contributed by atoms with Gasteiger partial charge >= 0.3 is 5.97 Å². The van der Waals surface area contributed by atoms with Crippen molar-refractivity contribution in [3.8, 4) is 0 Å². The van der Waals surface area contributed by atoms with Gasteiger partial charge in [-0.1, -0.05) is 19.3 Å². The highest BCUT2D eigenvalue weighted by Crippen LogP contribution is 2.34. The summed E-state index contributed by atoms with van der Waals surface area (Å²) in [7, 11) is 1.46. The predicted molar refractivity (Wildman–Crippen MR) is 73.9 cm³/mol. The number of hydrogen-bond donors (Lipinski definition) is 1. The van der Waals surface area contributed by atoms with Crippen molar-refractivity contribution in [2.45, 2.75) is 55.1 Å². The first-order valence-electron chi connectivity index (χ1n) is 6.26. The summed E-state index contributed by atoms with van der Waals surface area (Å²) in [5, 5.41) is 4.69. The van der Waals surface area contributed by atoms with E-state index < -0.39 is 0 Å². The molecule has 2 rings (SSSR count). The van der Waals surface area contributed by atoms with Crippen LogP contribution in [-0.2, 0) is 9.53 Å². The van der Waals surface area contributed by atoms with Crippen LogP contribution in [0.1, 0.15) is 38.5 Å². The molecule has 0 aromatic rings. The van der Waals surface area contributed by atoms with Gasteiger partial charge in [-0.15, -0.1) is 12.4 Å². The van der Waals surface area contributed by atoms with Gasteiger partial charge < -0.3 is 10.1 Å². The molecule has 1 unspecified atom stereocenters. The van der Waals surface area contributed by atoms with Gasteiger partial charge in [-0.25, -0.2) is 0 Å². The van der Waals surface area contributed by atoms with Crippen molar-refractivity contribution in [3.63, 3.8) is 0 Å². The molecule has 0 bridgehead atoms. The molecule has 1 aliphatic carbocycles. The van der Waals surface area contributed by atoms with Gasteiger partial charge in [0.25, 0.3) is 0 Å². The van der Waals surface area contributed by atoms with Crippen LogP contribution in [0, 0.1) is 0 Å². The van der Waals surface area contributed by atoms with Crippen LogP contribution < -0.4 is 5.32 Å². The lowest BCUT2D eigenvalue weighted by molar-refractivity contribution is -0.142. The fraction of sp³-hybridized carbons (Fsp3) is 0.917. The number of hydrogen-bond acceptors (Lipinski definition) is 4. The van der Waals surface area contributed by atoms with Crippen molar-refractivity contribution < 1.29 is 9.53 Å². The molecule has 17 heavy (non-hydrogen) atoms. The molecule has 2 aliphatic rings. The van der Waals surface area contributed by atoms with Gasteiger partial charge in [0.15, 0.2) is 0 Å². The van der Waals surface area contributed by atoms with E-state index in [0.717, 1.165) is 18.2 Å². The molecule has 2 fully saturated rings. The Balaban J connectivity index is 0.00000144. The number of nitrogens with one attached hydrogen (secondary N) is 1. The van der Waals surface area contributed by atoms with E-state index in [2.05, 4.69) is 17.1 Å². The Kier molecular flexibility index (Phi) is 6.67. The van der Waals surface area contributed by atoms with Gasteiger partial charge in [0.1, 0.15) is 6.04 Å². The molecule has 3 nitrogen and oxygen atoms in total. The van der Waals surface area contributed by atoms with E-state index in [4.69, 9.17) is 4.74 Å². The first kappa shape index (κ1) is 15.1. The molecular weight excluding hydrogens is 258 g/mol. The Hall–Kier alpha value is 0.0700. The Bertz CT molecular complexity index is 247. The number of thioether (sulfide) groups is 1. The fourth-order valence-electron chi connectivity index (χ4n) is 2.60. The van der Waals surface area contributed by atoms with Crippen LogP contribution in [-0.4, -0.2) is 36.2 Å². The number of halogens is 1. The topological polar surface area (TPSA) is 38.3 Å². The largest absolute Gasteiger partial charge is 0.468 e.